The van der Waals surface area contributed by atoms with Crippen molar-refractivity contribution in [2.24, 2.45) is 0 Å². The number of piperidine rings is 1. The maximum Gasteiger partial charge on any atom is 0.326 e. The first kappa shape index (κ1) is 15.0. The van der Waals surface area contributed by atoms with E-state index in [4.69, 9.17) is 4.74 Å². The molecule has 0 aromatic carbocycles. The third kappa shape index (κ3) is 3.44. The molecule has 0 aliphatic carbocycles. The number of rotatable bonds is 4. The predicted octanol–water partition coefficient (Wildman–Crippen LogP) is 1.78. The average Bonchev–Trinajstić information content (AvgIpc) is 2.89. The van der Waals surface area contributed by atoms with Crippen molar-refractivity contribution in [3.8, 4) is 0 Å². The summed E-state index contributed by atoms with van der Waals surface area (Å²) in [5, 5.41) is 0. The van der Waals surface area contributed by atoms with E-state index in [1.165, 1.54) is 0 Å². The number of ether oxygens (including phenoxy) is 1. The summed E-state index contributed by atoms with van der Waals surface area (Å²) in [5.74, 6) is 0.116. The van der Waals surface area contributed by atoms with Crippen LogP contribution < -0.4 is 0 Å². The number of pyridine rings is 1. The van der Waals surface area contributed by atoms with Gasteiger partial charge in [0, 0.05) is 23.6 Å². The molecule has 0 radical (unpaired) electrons. The van der Waals surface area contributed by atoms with Crippen LogP contribution in [0.25, 0.3) is 11.2 Å². The predicted molar refractivity (Wildman–Crippen MR) is 81.8 cm³/mol. The smallest absolute Gasteiger partial charge is 0.326 e. The fraction of sp³-hybridized carbons (Fsp3) is 0.429. The van der Waals surface area contributed by atoms with E-state index in [1.807, 2.05) is 6.07 Å². The Labute approximate surface area is 135 Å². The number of aromatic amines is 1. The van der Waals surface area contributed by atoms with E-state index < -0.39 is 5.97 Å². The van der Waals surface area contributed by atoms with Gasteiger partial charge in [0.15, 0.2) is 5.65 Å². The van der Waals surface area contributed by atoms with Crippen LogP contribution in [0.15, 0.2) is 16.7 Å². The summed E-state index contributed by atoms with van der Waals surface area (Å²) in [4.78, 5) is 36.4. The maximum absolute atomic E-state index is 11.8. The van der Waals surface area contributed by atoms with E-state index in [2.05, 4.69) is 30.9 Å². The van der Waals surface area contributed by atoms with E-state index in [0.29, 0.717) is 24.4 Å². The number of halogens is 1. The molecule has 1 saturated heterocycles. The van der Waals surface area contributed by atoms with Crippen molar-refractivity contribution in [2.75, 3.05) is 13.1 Å². The van der Waals surface area contributed by atoms with Gasteiger partial charge in [0.25, 0.3) is 0 Å². The van der Waals surface area contributed by atoms with Crippen LogP contribution in [0.5, 0.6) is 0 Å². The van der Waals surface area contributed by atoms with Gasteiger partial charge >= 0.3 is 5.97 Å². The van der Waals surface area contributed by atoms with Crippen LogP contribution in [0.2, 0.25) is 0 Å². The zero-order valence-corrected chi connectivity index (χ0v) is 13.4. The Bertz CT molecular complexity index is 715. The molecule has 0 unspecified atom stereocenters. The van der Waals surface area contributed by atoms with Crippen LogP contribution in [-0.4, -0.2) is 44.8 Å². The van der Waals surface area contributed by atoms with Crippen molar-refractivity contribution in [1.29, 1.82) is 0 Å². The van der Waals surface area contributed by atoms with E-state index >= 15 is 0 Å². The van der Waals surface area contributed by atoms with Crippen molar-refractivity contribution >= 4 is 39.0 Å². The SMILES string of the molecule is O=C(CN1CCCCC1=O)OCc1nc2ncc(Br)cc2[nH]1. The first-order valence-corrected chi connectivity index (χ1v) is 7.84. The minimum absolute atomic E-state index is 0.00284. The van der Waals surface area contributed by atoms with Crippen molar-refractivity contribution in [2.45, 2.75) is 25.9 Å². The number of aromatic nitrogens is 3. The largest absolute Gasteiger partial charge is 0.456 e. The molecule has 7 nitrogen and oxygen atoms in total. The van der Waals surface area contributed by atoms with Crippen LogP contribution in [0.4, 0.5) is 0 Å². The molecule has 1 amide bonds. The molecule has 0 spiro atoms. The first-order valence-electron chi connectivity index (χ1n) is 7.05. The summed E-state index contributed by atoms with van der Waals surface area (Å²) in [6.07, 6.45) is 3.99. The van der Waals surface area contributed by atoms with Crippen LogP contribution in [0.3, 0.4) is 0 Å². The Morgan fingerprint density at radius 3 is 3.14 bits per heavy atom. The molecule has 1 aliphatic heterocycles. The van der Waals surface area contributed by atoms with Gasteiger partial charge in [-0.25, -0.2) is 9.97 Å². The molecule has 1 fully saturated rings. The molecule has 22 heavy (non-hydrogen) atoms. The van der Waals surface area contributed by atoms with E-state index in [-0.39, 0.29) is 19.1 Å². The van der Waals surface area contributed by atoms with Crippen LogP contribution in [0.1, 0.15) is 25.1 Å². The van der Waals surface area contributed by atoms with Crippen LogP contribution in [-0.2, 0) is 20.9 Å². The molecule has 1 aliphatic rings. The van der Waals surface area contributed by atoms with E-state index in [1.54, 1.807) is 11.1 Å². The number of likely N-dealkylation sites (tertiary alicyclic amines) is 1. The second-order valence-electron chi connectivity index (χ2n) is 5.14. The summed E-state index contributed by atoms with van der Waals surface area (Å²) in [6.45, 7) is 0.661. The van der Waals surface area contributed by atoms with Crippen molar-refractivity contribution in [1.82, 2.24) is 19.9 Å². The van der Waals surface area contributed by atoms with Gasteiger partial charge < -0.3 is 14.6 Å². The van der Waals surface area contributed by atoms with Crippen molar-refractivity contribution in [3.63, 3.8) is 0 Å². The number of hydrogen-bond acceptors (Lipinski definition) is 5. The molecule has 0 atom stereocenters. The number of imidazole rings is 1. The summed E-state index contributed by atoms with van der Waals surface area (Å²) < 4.78 is 6.02. The molecule has 0 saturated carbocycles. The monoisotopic (exact) mass is 366 g/mol. The number of carbonyl (C=O) groups is 2. The fourth-order valence-corrected chi connectivity index (χ4v) is 2.70. The number of H-pyrrole nitrogens is 1. The summed E-state index contributed by atoms with van der Waals surface area (Å²) in [6, 6.07) is 1.85. The molecule has 2 aromatic rings. The van der Waals surface area contributed by atoms with Gasteiger partial charge in [-0.3, -0.25) is 9.59 Å². The average molecular weight is 367 g/mol. The zero-order valence-electron chi connectivity index (χ0n) is 11.8. The minimum Gasteiger partial charge on any atom is -0.456 e. The van der Waals surface area contributed by atoms with Gasteiger partial charge in [-0.1, -0.05) is 0 Å². The standard InChI is InChI=1S/C14H15BrN4O3/c15-9-5-10-14(16-6-9)18-11(17-10)8-22-13(21)7-19-4-2-1-3-12(19)20/h5-6H,1-4,7-8H2,(H,16,17,18). The van der Waals surface area contributed by atoms with Gasteiger partial charge in [0.2, 0.25) is 5.91 Å². The maximum atomic E-state index is 11.8. The molecular formula is C14H15BrN4O3. The highest BCUT2D eigenvalue weighted by Crippen LogP contribution is 2.15. The summed E-state index contributed by atoms with van der Waals surface area (Å²) >= 11 is 3.33. The van der Waals surface area contributed by atoms with Gasteiger partial charge in [0.1, 0.15) is 19.0 Å². The van der Waals surface area contributed by atoms with Gasteiger partial charge in [0.05, 0.1) is 5.52 Å². The second kappa shape index (κ2) is 6.43. The number of fused-ring (bicyclic) bond motifs is 1. The van der Waals surface area contributed by atoms with Crippen molar-refractivity contribution < 1.29 is 14.3 Å². The quantitative estimate of drug-likeness (QED) is 0.833. The molecule has 2 aromatic heterocycles. The topological polar surface area (TPSA) is 88.2 Å². The molecule has 3 heterocycles. The highest BCUT2D eigenvalue weighted by Gasteiger charge is 2.21. The number of nitrogens with zero attached hydrogens (tertiary/aromatic N) is 3. The van der Waals surface area contributed by atoms with E-state index in [0.717, 1.165) is 22.8 Å². The summed E-state index contributed by atoms with van der Waals surface area (Å²) in [7, 11) is 0. The Kier molecular flexibility index (Phi) is 4.37. The number of hydrogen-bond donors (Lipinski definition) is 1. The normalized spacial score (nSPS) is 15.3. The summed E-state index contributed by atoms with van der Waals surface area (Å²) in [5.41, 5.74) is 1.34. The molecule has 8 heteroatoms. The number of carbonyl (C=O) groups excluding carboxylic acids is 2. The lowest BCUT2D eigenvalue weighted by molar-refractivity contribution is -0.151. The molecule has 3 rings (SSSR count). The third-order valence-electron chi connectivity index (χ3n) is 3.46. The molecule has 0 bridgehead atoms. The fourth-order valence-electron chi connectivity index (χ4n) is 2.37. The number of nitrogens with one attached hydrogen (secondary N) is 1. The lowest BCUT2D eigenvalue weighted by Crippen LogP contribution is -2.39. The van der Waals surface area contributed by atoms with Gasteiger partial charge in [-0.05, 0) is 34.8 Å². The Morgan fingerprint density at radius 1 is 1.45 bits per heavy atom. The molecular weight excluding hydrogens is 352 g/mol. The Balaban J connectivity index is 1.56. The highest BCUT2D eigenvalue weighted by molar-refractivity contribution is 9.10. The Morgan fingerprint density at radius 2 is 2.32 bits per heavy atom. The molecule has 1 N–H and O–H groups in total. The lowest BCUT2D eigenvalue weighted by atomic mass is 10.1. The minimum atomic E-state index is -0.426. The lowest BCUT2D eigenvalue weighted by Gasteiger charge is -2.25. The van der Waals surface area contributed by atoms with E-state index in [9.17, 15) is 9.59 Å². The van der Waals surface area contributed by atoms with Gasteiger partial charge in [-0.2, -0.15) is 0 Å². The van der Waals surface area contributed by atoms with Crippen molar-refractivity contribution in [3.05, 3.63) is 22.6 Å². The number of esters is 1. The molecule has 116 valence electrons. The van der Waals surface area contributed by atoms with Crippen LogP contribution >= 0.6 is 15.9 Å². The Hall–Kier alpha value is -1.96. The first-order chi connectivity index (χ1) is 10.6. The van der Waals surface area contributed by atoms with Gasteiger partial charge in [-0.15, -0.1) is 0 Å². The van der Waals surface area contributed by atoms with Crippen LogP contribution in [0, 0.1) is 0 Å². The third-order valence-corrected chi connectivity index (χ3v) is 3.90. The highest BCUT2D eigenvalue weighted by atomic mass is 79.9. The zero-order chi connectivity index (χ0) is 15.5. The second-order valence-corrected chi connectivity index (χ2v) is 6.06. The number of amides is 1.